The Morgan fingerprint density at radius 1 is 1.20 bits per heavy atom. The Labute approximate surface area is 62.4 Å². The molecule has 1 nitrogen and oxygen atoms in total. The number of ether oxygens (including phenoxy) is 1. The van der Waals surface area contributed by atoms with Gasteiger partial charge in [-0.1, -0.05) is 25.3 Å². The van der Waals surface area contributed by atoms with Gasteiger partial charge in [-0.3, -0.25) is 0 Å². The van der Waals surface area contributed by atoms with Crippen molar-refractivity contribution in [1.82, 2.24) is 0 Å². The Balaban J connectivity index is 2.60. The van der Waals surface area contributed by atoms with E-state index in [9.17, 15) is 0 Å². The third-order valence-corrected chi connectivity index (χ3v) is 2.02. The van der Waals surface area contributed by atoms with Crippen LogP contribution in [-0.2, 0) is 4.74 Å². The molecule has 0 aromatic rings. The molecular formula is C9H14O. The zero-order valence-corrected chi connectivity index (χ0v) is 6.31. The van der Waals surface area contributed by atoms with Gasteiger partial charge in [-0.25, -0.2) is 0 Å². The molecule has 1 rings (SSSR count). The van der Waals surface area contributed by atoms with Crippen molar-refractivity contribution in [3.8, 4) is 0 Å². The zero-order chi connectivity index (χ0) is 7.45. The minimum absolute atomic E-state index is 0.210. The van der Waals surface area contributed by atoms with Gasteiger partial charge in [0.2, 0.25) is 0 Å². The summed E-state index contributed by atoms with van der Waals surface area (Å²) in [6.07, 6.45) is 7.12. The van der Waals surface area contributed by atoms with E-state index in [1.165, 1.54) is 12.8 Å². The molecule has 0 bridgehead atoms. The molecule has 0 radical (unpaired) electrons. The van der Waals surface area contributed by atoms with Crippen LogP contribution in [-0.4, -0.2) is 12.2 Å². The average molecular weight is 138 g/mol. The topological polar surface area (TPSA) is 9.23 Å². The second-order valence-electron chi connectivity index (χ2n) is 2.67. The Morgan fingerprint density at radius 3 is 2.20 bits per heavy atom. The standard InChI is InChI=1S/C9H14O/c1-3-9(4-2)7-5-6-8-10-9/h3-4H,1-2,5-8H2. The first-order valence-electron chi connectivity index (χ1n) is 3.74. The highest BCUT2D eigenvalue weighted by Crippen LogP contribution is 2.26. The van der Waals surface area contributed by atoms with E-state index < -0.39 is 0 Å². The fraction of sp³-hybridized carbons (Fsp3) is 0.556. The summed E-state index contributed by atoms with van der Waals surface area (Å²) < 4.78 is 5.53. The van der Waals surface area contributed by atoms with Crippen molar-refractivity contribution in [3.05, 3.63) is 25.3 Å². The Bertz CT molecular complexity index is 122. The van der Waals surface area contributed by atoms with Crippen LogP contribution in [0.1, 0.15) is 19.3 Å². The van der Waals surface area contributed by atoms with Crippen LogP contribution >= 0.6 is 0 Å². The van der Waals surface area contributed by atoms with Crippen molar-refractivity contribution in [2.24, 2.45) is 0 Å². The lowest BCUT2D eigenvalue weighted by Gasteiger charge is -2.31. The molecule has 0 aromatic heterocycles. The number of hydrogen-bond acceptors (Lipinski definition) is 1. The molecule has 1 aliphatic rings. The molecule has 1 heteroatoms. The first-order valence-corrected chi connectivity index (χ1v) is 3.74. The minimum Gasteiger partial charge on any atom is -0.367 e. The SMILES string of the molecule is C=CC1(C=C)CCCCO1. The van der Waals surface area contributed by atoms with Gasteiger partial charge < -0.3 is 4.74 Å². The van der Waals surface area contributed by atoms with Crippen molar-refractivity contribution < 1.29 is 4.74 Å². The predicted octanol–water partition coefficient (Wildman–Crippen LogP) is 2.30. The second kappa shape index (κ2) is 3.02. The molecule has 56 valence electrons. The molecule has 0 atom stereocenters. The summed E-state index contributed by atoms with van der Waals surface area (Å²) in [5, 5.41) is 0. The summed E-state index contributed by atoms with van der Waals surface area (Å²) in [4.78, 5) is 0. The normalized spacial score (nSPS) is 23.6. The molecule has 10 heavy (non-hydrogen) atoms. The van der Waals surface area contributed by atoms with Crippen molar-refractivity contribution in [1.29, 1.82) is 0 Å². The molecule has 1 fully saturated rings. The van der Waals surface area contributed by atoms with E-state index in [1.54, 1.807) is 0 Å². The molecule has 1 heterocycles. The maximum atomic E-state index is 5.53. The van der Waals surface area contributed by atoms with Crippen LogP contribution in [0.4, 0.5) is 0 Å². The Morgan fingerprint density at radius 2 is 1.90 bits per heavy atom. The minimum atomic E-state index is -0.210. The highest BCUT2D eigenvalue weighted by atomic mass is 16.5. The van der Waals surface area contributed by atoms with Crippen LogP contribution in [0.2, 0.25) is 0 Å². The summed E-state index contributed by atoms with van der Waals surface area (Å²) in [6.45, 7) is 8.31. The van der Waals surface area contributed by atoms with Crippen LogP contribution in [0.5, 0.6) is 0 Å². The van der Waals surface area contributed by atoms with E-state index in [0.29, 0.717) is 0 Å². The molecule has 1 saturated heterocycles. The summed E-state index contributed by atoms with van der Waals surface area (Å²) in [5.41, 5.74) is -0.210. The fourth-order valence-electron chi connectivity index (χ4n) is 1.24. The third-order valence-electron chi connectivity index (χ3n) is 2.02. The Hall–Kier alpha value is -0.560. The van der Waals surface area contributed by atoms with Gasteiger partial charge in [0.05, 0.1) is 0 Å². The van der Waals surface area contributed by atoms with E-state index in [1.807, 2.05) is 12.2 Å². The quantitative estimate of drug-likeness (QED) is 0.532. The van der Waals surface area contributed by atoms with Gasteiger partial charge in [0.1, 0.15) is 5.60 Å². The molecule has 0 unspecified atom stereocenters. The van der Waals surface area contributed by atoms with E-state index in [2.05, 4.69) is 13.2 Å². The summed E-state index contributed by atoms with van der Waals surface area (Å²) >= 11 is 0. The number of hydrogen-bond donors (Lipinski definition) is 0. The van der Waals surface area contributed by atoms with Crippen molar-refractivity contribution in [2.75, 3.05) is 6.61 Å². The Kier molecular flexibility index (Phi) is 2.28. The summed E-state index contributed by atoms with van der Waals surface area (Å²) in [7, 11) is 0. The van der Waals surface area contributed by atoms with Gasteiger partial charge in [0.15, 0.2) is 0 Å². The summed E-state index contributed by atoms with van der Waals surface area (Å²) in [6, 6.07) is 0. The first-order chi connectivity index (χ1) is 4.83. The lowest BCUT2D eigenvalue weighted by molar-refractivity contribution is -0.00841. The van der Waals surface area contributed by atoms with Gasteiger partial charge >= 0.3 is 0 Å². The molecule has 0 N–H and O–H groups in total. The third kappa shape index (κ3) is 1.29. The molecule has 0 aromatic carbocycles. The molecule has 0 spiro atoms. The van der Waals surface area contributed by atoms with Gasteiger partial charge in [-0.2, -0.15) is 0 Å². The van der Waals surface area contributed by atoms with E-state index >= 15 is 0 Å². The van der Waals surface area contributed by atoms with E-state index in [4.69, 9.17) is 4.74 Å². The molecule has 1 aliphatic heterocycles. The highest BCUT2D eigenvalue weighted by Gasteiger charge is 2.25. The lowest BCUT2D eigenvalue weighted by atomic mass is 9.94. The molecule has 0 amide bonds. The van der Waals surface area contributed by atoms with Gasteiger partial charge in [0, 0.05) is 6.61 Å². The largest absolute Gasteiger partial charge is 0.367 e. The molecular weight excluding hydrogens is 124 g/mol. The van der Waals surface area contributed by atoms with Gasteiger partial charge in [0.25, 0.3) is 0 Å². The second-order valence-corrected chi connectivity index (χ2v) is 2.67. The van der Waals surface area contributed by atoms with Crippen LogP contribution < -0.4 is 0 Å². The van der Waals surface area contributed by atoms with Crippen LogP contribution in [0, 0.1) is 0 Å². The van der Waals surface area contributed by atoms with Crippen LogP contribution in [0.3, 0.4) is 0 Å². The zero-order valence-electron chi connectivity index (χ0n) is 6.31. The number of rotatable bonds is 2. The van der Waals surface area contributed by atoms with Crippen molar-refractivity contribution in [3.63, 3.8) is 0 Å². The van der Waals surface area contributed by atoms with Crippen LogP contribution in [0.15, 0.2) is 25.3 Å². The van der Waals surface area contributed by atoms with Crippen LogP contribution in [0.25, 0.3) is 0 Å². The maximum absolute atomic E-state index is 5.53. The molecule has 0 aliphatic carbocycles. The average Bonchev–Trinajstić information content (AvgIpc) is 2.06. The fourth-order valence-corrected chi connectivity index (χ4v) is 1.24. The monoisotopic (exact) mass is 138 g/mol. The lowest BCUT2D eigenvalue weighted by Crippen LogP contribution is -2.31. The van der Waals surface area contributed by atoms with Gasteiger partial charge in [-0.05, 0) is 19.3 Å². The molecule has 0 saturated carbocycles. The van der Waals surface area contributed by atoms with E-state index in [-0.39, 0.29) is 5.60 Å². The van der Waals surface area contributed by atoms with Gasteiger partial charge in [-0.15, -0.1) is 0 Å². The van der Waals surface area contributed by atoms with Crippen molar-refractivity contribution >= 4 is 0 Å². The predicted molar refractivity (Wildman–Crippen MR) is 42.9 cm³/mol. The highest BCUT2D eigenvalue weighted by molar-refractivity contribution is 5.10. The smallest absolute Gasteiger partial charge is 0.104 e. The first kappa shape index (κ1) is 7.55. The van der Waals surface area contributed by atoms with E-state index in [0.717, 1.165) is 13.0 Å². The maximum Gasteiger partial charge on any atom is 0.104 e. The van der Waals surface area contributed by atoms with Crippen molar-refractivity contribution in [2.45, 2.75) is 24.9 Å². The summed E-state index contributed by atoms with van der Waals surface area (Å²) in [5.74, 6) is 0.